The van der Waals surface area contributed by atoms with Crippen LogP contribution in [0.25, 0.3) is 11.1 Å². The van der Waals surface area contributed by atoms with E-state index in [0.717, 1.165) is 29.7 Å². The summed E-state index contributed by atoms with van der Waals surface area (Å²) in [7, 11) is 0. The minimum Gasteiger partial charge on any atom is -0.380 e. The molecule has 2 rings (SSSR count). The predicted octanol–water partition coefficient (Wildman–Crippen LogP) is 5.13. The summed E-state index contributed by atoms with van der Waals surface area (Å²) in [6, 6.07) is 5.42. The molecule has 19 heavy (non-hydrogen) atoms. The largest absolute Gasteiger partial charge is 0.380 e. The zero-order chi connectivity index (χ0) is 14.0. The maximum Gasteiger partial charge on any atom is 0.175 e. The average Bonchev–Trinajstić information content (AvgIpc) is 2.77. The van der Waals surface area contributed by atoms with Crippen molar-refractivity contribution in [3.05, 3.63) is 34.0 Å². The van der Waals surface area contributed by atoms with Crippen LogP contribution in [0.3, 0.4) is 0 Å². The van der Waals surface area contributed by atoms with Crippen molar-refractivity contribution in [1.29, 1.82) is 0 Å². The minimum atomic E-state index is 0.300. The first kappa shape index (κ1) is 14.2. The van der Waals surface area contributed by atoms with Gasteiger partial charge < -0.3 is 10.3 Å². The number of hydrogen-bond acceptors (Lipinski definition) is 3. The molecule has 0 unspecified atom stereocenters. The summed E-state index contributed by atoms with van der Waals surface area (Å²) in [5, 5.41) is 4.90. The van der Waals surface area contributed by atoms with Gasteiger partial charge in [0.25, 0.3) is 0 Å². The number of anilines is 1. The van der Waals surface area contributed by atoms with Gasteiger partial charge in [0.1, 0.15) is 5.76 Å². The molecule has 2 aromatic rings. The van der Waals surface area contributed by atoms with Crippen LogP contribution in [0, 0.1) is 0 Å². The molecule has 0 spiro atoms. The van der Waals surface area contributed by atoms with Crippen molar-refractivity contribution >= 4 is 29.0 Å². The number of aromatic nitrogens is 1. The van der Waals surface area contributed by atoms with E-state index in [0.29, 0.717) is 21.8 Å². The summed E-state index contributed by atoms with van der Waals surface area (Å²) >= 11 is 12.0. The van der Waals surface area contributed by atoms with Crippen LogP contribution in [-0.4, -0.2) is 5.16 Å². The Morgan fingerprint density at radius 3 is 2.47 bits per heavy atom. The van der Waals surface area contributed by atoms with Gasteiger partial charge in [-0.05, 0) is 30.5 Å². The van der Waals surface area contributed by atoms with E-state index < -0.39 is 0 Å². The van der Waals surface area contributed by atoms with E-state index in [1.54, 1.807) is 12.1 Å². The molecule has 0 bridgehead atoms. The van der Waals surface area contributed by atoms with Crippen molar-refractivity contribution in [2.45, 2.75) is 32.6 Å². The molecule has 0 radical (unpaired) electrons. The van der Waals surface area contributed by atoms with Gasteiger partial charge in [-0.1, -0.05) is 48.3 Å². The van der Waals surface area contributed by atoms with Gasteiger partial charge in [-0.25, -0.2) is 0 Å². The maximum absolute atomic E-state index is 6.06. The molecule has 0 aliphatic heterocycles. The van der Waals surface area contributed by atoms with Crippen molar-refractivity contribution in [1.82, 2.24) is 5.16 Å². The topological polar surface area (TPSA) is 52.0 Å². The Bertz CT molecular complexity index is 577. The lowest BCUT2D eigenvalue weighted by Crippen LogP contribution is -1.97. The molecule has 1 heterocycles. The second kappa shape index (κ2) is 5.85. The number of nitrogens with zero attached hydrogens (tertiary/aromatic N) is 1. The van der Waals surface area contributed by atoms with Gasteiger partial charge in [-0.15, -0.1) is 0 Å². The number of hydrogen-bond donors (Lipinski definition) is 1. The monoisotopic (exact) mass is 298 g/mol. The second-order valence-electron chi connectivity index (χ2n) is 4.45. The molecule has 0 saturated carbocycles. The molecular formula is C14H16Cl2N2O. The summed E-state index contributed by atoms with van der Waals surface area (Å²) in [6.07, 6.45) is 1.94. The summed E-state index contributed by atoms with van der Waals surface area (Å²) in [6.45, 7) is 4.23. The summed E-state index contributed by atoms with van der Waals surface area (Å²) < 4.78 is 5.41. The molecule has 0 atom stereocenters. The highest BCUT2D eigenvalue weighted by atomic mass is 35.5. The third-order valence-electron chi connectivity index (χ3n) is 3.31. The molecule has 0 saturated heterocycles. The Balaban J connectivity index is 2.54. The third-order valence-corrected chi connectivity index (χ3v) is 4.05. The number of benzene rings is 1. The van der Waals surface area contributed by atoms with E-state index in [9.17, 15) is 0 Å². The van der Waals surface area contributed by atoms with Crippen LogP contribution in [0.15, 0.2) is 22.7 Å². The Hall–Kier alpha value is -1.19. The van der Waals surface area contributed by atoms with Crippen molar-refractivity contribution in [2.75, 3.05) is 5.73 Å². The maximum atomic E-state index is 6.06. The van der Waals surface area contributed by atoms with Crippen LogP contribution in [0.2, 0.25) is 10.0 Å². The van der Waals surface area contributed by atoms with Crippen molar-refractivity contribution in [3.8, 4) is 11.1 Å². The molecular weight excluding hydrogens is 283 g/mol. The summed E-state index contributed by atoms with van der Waals surface area (Å²) in [5.41, 5.74) is 7.64. The molecule has 2 N–H and O–H groups in total. The zero-order valence-corrected chi connectivity index (χ0v) is 12.4. The number of nitrogens with two attached hydrogens (primary N) is 1. The molecule has 0 aliphatic rings. The third kappa shape index (κ3) is 2.72. The highest BCUT2D eigenvalue weighted by Crippen LogP contribution is 2.38. The molecule has 3 nitrogen and oxygen atoms in total. The first-order valence-corrected chi connectivity index (χ1v) is 7.04. The van der Waals surface area contributed by atoms with E-state index >= 15 is 0 Å². The highest BCUT2D eigenvalue weighted by Gasteiger charge is 2.22. The van der Waals surface area contributed by atoms with E-state index in [1.807, 2.05) is 6.07 Å². The van der Waals surface area contributed by atoms with E-state index in [2.05, 4.69) is 19.0 Å². The number of rotatable bonds is 4. The van der Waals surface area contributed by atoms with Gasteiger partial charge in [-0.3, -0.25) is 0 Å². The van der Waals surface area contributed by atoms with Crippen molar-refractivity contribution < 1.29 is 4.52 Å². The fraction of sp³-hybridized carbons (Fsp3) is 0.357. The number of halogens is 2. The van der Waals surface area contributed by atoms with Gasteiger partial charge in [0.2, 0.25) is 0 Å². The fourth-order valence-electron chi connectivity index (χ4n) is 2.20. The van der Waals surface area contributed by atoms with Crippen molar-refractivity contribution in [2.24, 2.45) is 0 Å². The first-order valence-electron chi connectivity index (χ1n) is 6.28. The van der Waals surface area contributed by atoms with Gasteiger partial charge in [0.05, 0.1) is 15.6 Å². The zero-order valence-electron chi connectivity index (χ0n) is 10.9. The quantitative estimate of drug-likeness (QED) is 0.851. The van der Waals surface area contributed by atoms with E-state index in [1.165, 1.54) is 0 Å². The molecule has 102 valence electrons. The van der Waals surface area contributed by atoms with Crippen LogP contribution in [0.4, 0.5) is 5.82 Å². The lowest BCUT2D eigenvalue weighted by molar-refractivity contribution is 0.356. The Kier molecular flexibility index (Phi) is 4.38. The SMILES string of the molecule is CCC(CC)c1onc(N)c1-c1ccc(Cl)c(Cl)c1. The molecule has 0 fully saturated rings. The smallest absolute Gasteiger partial charge is 0.175 e. The second-order valence-corrected chi connectivity index (χ2v) is 5.26. The van der Waals surface area contributed by atoms with E-state index in [-0.39, 0.29) is 0 Å². The van der Waals surface area contributed by atoms with Crippen LogP contribution in [0.5, 0.6) is 0 Å². The summed E-state index contributed by atoms with van der Waals surface area (Å²) in [5.74, 6) is 1.51. The van der Waals surface area contributed by atoms with Gasteiger partial charge in [0.15, 0.2) is 5.82 Å². The van der Waals surface area contributed by atoms with Gasteiger partial charge in [0, 0.05) is 5.92 Å². The lowest BCUT2D eigenvalue weighted by Gasteiger charge is -2.11. The Morgan fingerprint density at radius 2 is 1.89 bits per heavy atom. The number of nitrogen functional groups attached to an aromatic ring is 1. The Morgan fingerprint density at radius 1 is 1.21 bits per heavy atom. The summed E-state index contributed by atoms with van der Waals surface area (Å²) in [4.78, 5) is 0. The normalized spacial score (nSPS) is 11.2. The van der Waals surface area contributed by atoms with Gasteiger partial charge in [-0.2, -0.15) is 0 Å². The van der Waals surface area contributed by atoms with Crippen LogP contribution in [-0.2, 0) is 0 Å². The highest BCUT2D eigenvalue weighted by molar-refractivity contribution is 6.42. The average molecular weight is 299 g/mol. The van der Waals surface area contributed by atoms with Crippen molar-refractivity contribution in [3.63, 3.8) is 0 Å². The molecule has 0 aliphatic carbocycles. The minimum absolute atomic E-state index is 0.300. The molecule has 5 heteroatoms. The van der Waals surface area contributed by atoms with Crippen LogP contribution < -0.4 is 5.73 Å². The lowest BCUT2D eigenvalue weighted by atomic mass is 9.94. The van der Waals surface area contributed by atoms with Crippen LogP contribution in [0.1, 0.15) is 38.4 Å². The first-order chi connectivity index (χ1) is 9.08. The predicted molar refractivity (Wildman–Crippen MR) is 79.7 cm³/mol. The van der Waals surface area contributed by atoms with E-state index in [4.69, 9.17) is 33.5 Å². The van der Waals surface area contributed by atoms with Crippen LogP contribution >= 0.6 is 23.2 Å². The van der Waals surface area contributed by atoms with Gasteiger partial charge >= 0.3 is 0 Å². The molecule has 0 amide bonds. The molecule has 1 aromatic carbocycles. The fourth-order valence-corrected chi connectivity index (χ4v) is 2.49. The standard InChI is InChI=1S/C14H16Cl2N2O/c1-3-8(4-2)13-12(14(17)18-19-13)9-5-6-10(15)11(16)7-9/h5-8H,3-4H2,1-2H3,(H2,17,18). The Labute approximate surface area is 122 Å². The molecule has 1 aromatic heterocycles.